The second-order valence-corrected chi connectivity index (χ2v) is 10.6. The van der Waals surface area contributed by atoms with Gasteiger partial charge in [0, 0.05) is 25.8 Å². The quantitative estimate of drug-likeness (QED) is 0.239. The molecule has 4 rings (SSSR count). The lowest BCUT2D eigenvalue weighted by Gasteiger charge is -2.26. The highest BCUT2D eigenvalue weighted by Gasteiger charge is 2.31. The first-order valence-electron chi connectivity index (χ1n) is 14.4. The van der Waals surface area contributed by atoms with Gasteiger partial charge in [0.1, 0.15) is 24.4 Å². The molecule has 5 N–H and O–H groups in total. The number of benzene rings is 3. The fourth-order valence-corrected chi connectivity index (χ4v) is 5.16. The average Bonchev–Trinajstić information content (AvgIpc) is 3.02. The minimum absolute atomic E-state index is 0.0564. The SMILES string of the molecule is CNC[C@H](O)CC1NC(=O)[C@@H](NC)Cc2cc(ccc2OCc2ccccc2)-c2cccc(c2)C[C@@H](C(=O)OC)NC1=O. The van der Waals surface area contributed by atoms with Gasteiger partial charge in [-0.15, -0.1) is 0 Å². The number of aliphatic hydroxyl groups is 1. The van der Waals surface area contributed by atoms with Crippen LogP contribution in [-0.4, -0.2) is 74.9 Å². The Hall–Kier alpha value is -4.25. The van der Waals surface area contributed by atoms with Crippen molar-refractivity contribution in [2.45, 2.75) is 50.1 Å². The molecular formula is C33H40N4O6. The highest BCUT2D eigenvalue weighted by atomic mass is 16.5. The Bertz CT molecular complexity index is 1400. The molecule has 1 heterocycles. The van der Waals surface area contributed by atoms with Gasteiger partial charge in [0.05, 0.1) is 19.3 Å². The van der Waals surface area contributed by atoms with E-state index in [2.05, 4.69) is 21.3 Å². The summed E-state index contributed by atoms with van der Waals surface area (Å²) in [4.78, 5) is 39.8. The lowest BCUT2D eigenvalue weighted by Crippen LogP contribution is -2.56. The standard InChI is InChI=1S/C33H40N4O6/c1-34-19-26(38)18-28-32(40)37-29(33(41)42-3)15-22-10-7-11-23(14-22)24-12-13-30(43-20-21-8-5-4-6-9-21)25(16-24)17-27(35-2)31(39)36-28/h4-14,16,26-29,34-35,38H,15,17-20H2,1-3H3,(H,36,39)(H,37,40)/t26-,27+,28?,29+/m1/s1. The maximum atomic E-state index is 13.6. The van der Waals surface area contributed by atoms with Crippen molar-refractivity contribution in [3.05, 3.63) is 89.5 Å². The van der Waals surface area contributed by atoms with E-state index in [0.717, 1.165) is 27.8 Å². The molecule has 0 aliphatic carbocycles. The first-order valence-corrected chi connectivity index (χ1v) is 14.4. The molecule has 0 fully saturated rings. The molecule has 1 aliphatic heterocycles. The van der Waals surface area contributed by atoms with Crippen LogP contribution in [0.25, 0.3) is 11.1 Å². The average molecular weight is 589 g/mol. The van der Waals surface area contributed by atoms with Crippen LogP contribution >= 0.6 is 0 Å². The number of nitrogens with one attached hydrogen (secondary N) is 4. The van der Waals surface area contributed by atoms with Crippen LogP contribution in [-0.2, 0) is 38.6 Å². The summed E-state index contributed by atoms with van der Waals surface area (Å²) in [6.45, 7) is 0.580. The second kappa shape index (κ2) is 15.3. The summed E-state index contributed by atoms with van der Waals surface area (Å²) >= 11 is 0. The molecule has 4 bridgehead atoms. The van der Waals surface area contributed by atoms with Crippen molar-refractivity contribution >= 4 is 17.8 Å². The number of carbonyl (C=O) groups excluding carboxylic acids is 3. The Morgan fingerprint density at radius 1 is 0.953 bits per heavy atom. The maximum Gasteiger partial charge on any atom is 0.328 e. The monoisotopic (exact) mass is 588 g/mol. The summed E-state index contributed by atoms with van der Waals surface area (Å²) < 4.78 is 11.2. The van der Waals surface area contributed by atoms with Crippen LogP contribution in [0.1, 0.15) is 23.1 Å². The molecule has 3 aromatic carbocycles. The molecule has 2 amide bonds. The van der Waals surface area contributed by atoms with Gasteiger partial charge in [0.15, 0.2) is 0 Å². The Morgan fingerprint density at radius 3 is 2.44 bits per heavy atom. The smallest absolute Gasteiger partial charge is 0.328 e. The Morgan fingerprint density at radius 2 is 1.72 bits per heavy atom. The van der Waals surface area contributed by atoms with Crippen LogP contribution in [0.2, 0.25) is 0 Å². The number of hydrogen-bond donors (Lipinski definition) is 5. The number of fused-ring (bicyclic) bond motifs is 5. The number of rotatable bonds is 9. The van der Waals surface area contributed by atoms with E-state index in [1.165, 1.54) is 7.11 Å². The molecule has 10 heteroatoms. The van der Waals surface area contributed by atoms with E-state index in [1.54, 1.807) is 14.1 Å². The van der Waals surface area contributed by atoms with Crippen molar-refractivity contribution in [1.29, 1.82) is 0 Å². The first-order chi connectivity index (χ1) is 20.8. The molecule has 0 saturated heterocycles. The van der Waals surface area contributed by atoms with Crippen LogP contribution in [0, 0.1) is 0 Å². The van der Waals surface area contributed by atoms with Gasteiger partial charge in [0.2, 0.25) is 11.8 Å². The van der Waals surface area contributed by atoms with Gasteiger partial charge >= 0.3 is 5.97 Å². The van der Waals surface area contributed by atoms with Crippen LogP contribution < -0.4 is 26.0 Å². The third-order valence-electron chi connectivity index (χ3n) is 7.47. The minimum atomic E-state index is -1.10. The molecule has 0 spiro atoms. The van der Waals surface area contributed by atoms with Crippen molar-refractivity contribution in [3.63, 3.8) is 0 Å². The zero-order valence-corrected chi connectivity index (χ0v) is 24.8. The van der Waals surface area contributed by atoms with E-state index in [-0.39, 0.29) is 25.8 Å². The second-order valence-electron chi connectivity index (χ2n) is 10.6. The van der Waals surface area contributed by atoms with Crippen molar-refractivity contribution in [1.82, 2.24) is 21.3 Å². The molecule has 0 saturated carbocycles. The van der Waals surface area contributed by atoms with E-state index in [1.807, 2.05) is 72.8 Å². The van der Waals surface area contributed by atoms with Crippen LogP contribution in [0.3, 0.4) is 0 Å². The fraction of sp³-hybridized carbons (Fsp3) is 0.364. The third-order valence-corrected chi connectivity index (χ3v) is 7.47. The number of hydrogen-bond acceptors (Lipinski definition) is 8. The van der Waals surface area contributed by atoms with Gasteiger partial charge in [-0.3, -0.25) is 9.59 Å². The number of methoxy groups -OCH3 is 1. The van der Waals surface area contributed by atoms with Gasteiger partial charge in [-0.25, -0.2) is 4.79 Å². The largest absolute Gasteiger partial charge is 0.489 e. The molecule has 4 atom stereocenters. The maximum absolute atomic E-state index is 13.6. The minimum Gasteiger partial charge on any atom is -0.489 e. The first kappa shape index (κ1) is 31.7. The Balaban J connectivity index is 1.75. The lowest BCUT2D eigenvalue weighted by molar-refractivity contribution is -0.145. The van der Waals surface area contributed by atoms with E-state index >= 15 is 0 Å². The molecule has 10 nitrogen and oxygen atoms in total. The normalized spacial score (nSPS) is 19.7. The van der Waals surface area contributed by atoms with Crippen LogP contribution in [0.15, 0.2) is 72.8 Å². The Kier molecular flexibility index (Phi) is 11.3. The topological polar surface area (TPSA) is 138 Å². The fourth-order valence-electron chi connectivity index (χ4n) is 5.16. The van der Waals surface area contributed by atoms with E-state index in [4.69, 9.17) is 9.47 Å². The van der Waals surface area contributed by atoms with Crippen LogP contribution in [0.4, 0.5) is 0 Å². The van der Waals surface area contributed by atoms with Gasteiger partial charge < -0.3 is 35.8 Å². The van der Waals surface area contributed by atoms with E-state index < -0.39 is 42.0 Å². The highest BCUT2D eigenvalue weighted by Crippen LogP contribution is 2.29. The lowest BCUT2D eigenvalue weighted by atomic mass is 9.96. The van der Waals surface area contributed by atoms with Gasteiger partial charge in [0.25, 0.3) is 0 Å². The molecular weight excluding hydrogens is 548 g/mol. The number of amides is 2. The van der Waals surface area contributed by atoms with Gasteiger partial charge in [-0.2, -0.15) is 0 Å². The third kappa shape index (κ3) is 8.63. The predicted octanol–water partition coefficient (Wildman–Crippen LogP) is 1.73. The number of esters is 1. The predicted molar refractivity (Wildman–Crippen MR) is 163 cm³/mol. The van der Waals surface area contributed by atoms with Crippen molar-refractivity contribution < 1.29 is 29.0 Å². The summed E-state index contributed by atoms with van der Waals surface area (Å²) in [6.07, 6.45) is -0.521. The number of ether oxygens (including phenoxy) is 2. The number of likely N-dealkylation sites (N-methyl/N-ethyl adjacent to an activating group) is 2. The van der Waals surface area contributed by atoms with Crippen molar-refractivity contribution in [2.24, 2.45) is 0 Å². The van der Waals surface area contributed by atoms with Gasteiger partial charge in [-0.1, -0.05) is 60.7 Å². The van der Waals surface area contributed by atoms with Crippen molar-refractivity contribution in [3.8, 4) is 16.9 Å². The molecule has 0 radical (unpaired) electrons. The number of aliphatic hydroxyl groups excluding tert-OH is 1. The van der Waals surface area contributed by atoms with E-state index in [9.17, 15) is 19.5 Å². The molecule has 0 aromatic heterocycles. The zero-order valence-electron chi connectivity index (χ0n) is 24.8. The zero-order chi connectivity index (χ0) is 30.8. The Labute approximate surface area is 252 Å². The molecule has 228 valence electrons. The van der Waals surface area contributed by atoms with Gasteiger partial charge in [-0.05, 0) is 54.0 Å². The molecule has 3 aromatic rings. The van der Waals surface area contributed by atoms with Crippen LogP contribution in [0.5, 0.6) is 5.75 Å². The molecule has 1 unspecified atom stereocenters. The molecule has 43 heavy (non-hydrogen) atoms. The van der Waals surface area contributed by atoms with Crippen molar-refractivity contribution in [2.75, 3.05) is 27.7 Å². The highest BCUT2D eigenvalue weighted by molar-refractivity contribution is 5.92. The van der Waals surface area contributed by atoms with E-state index in [0.29, 0.717) is 12.4 Å². The summed E-state index contributed by atoms with van der Waals surface area (Å²) in [7, 11) is 4.62. The number of carbonyl (C=O) groups is 3. The molecule has 1 aliphatic rings. The summed E-state index contributed by atoms with van der Waals surface area (Å²) in [5.74, 6) is -0.985. The summed E-state index contributed by atoms with van der Waals surface area (Å²) in [5.41, 5.74) is 4.47. The summed E-state index contributed by atoms with van der Waals surface area (Å²) in [6, 6.07) is 20.6. The summed E-state index contributed by atoms with van der Waals surface area (Å²) in [5, 5.41) is 22.0.